The molecule has 5 aliphatic carbocycles. The van der Waals surface area contributed by atoms with Gasteiger partial charge < -0.3 is 28.8 Å². The van der Waals surface area contributed by atoms with E-state index in [0.29, 0.717) is 6.61 Å². The Balaban J connectivity index is 0.904. The van der Waals surface area contributed by atoms with Crippen LogP contribution < -0.4 is 0 Å². The highest BCUT2D eigenvalue weighted by Crippen LogP contribution is 2.96. The van der Waals surface area contributed by atoms with Gasteiger partial charge in [0, 0.05) is 0 Å². The van der Waals surface area contributed by atoms with Crippen molar-refractivity contribution in [3.8, 4) is 0 Å². The number of ether oxygens (including phenoxy) is 5. The zero-order valence-electron chi connectivity index (χ0n) is 42.4. The SMILES string of the molecule is CCOC(=O)C1(C(=O)OCC(=O)OCCOCCOCCO)C23c4c5c6c7c8c9c(c%10c%11c2c2c4c4c%12c5c5c6c6c8c8c%13c9c9c%10c%10c%11c%11c2c2c4c4c%12c%12c5c5c6c8c6c8c%13c9c9c%10c%10c%11c2c2c4c4c%12c5c6c5c8c9c%10c2c45)C713. The average molecular weight is 1040 g/mol. The molecule has 0 radical (unpaired) electrons. The van der Waals surface area contributed by atoms with Crippen LogP contribution in [0.25, 0.3) is 291 Å². The number of esters is 3. The normalized spacial score (nSPS) is 22.3. The zero-order chi connectivity index (χ0) is 50.9. The highest BCUT2D eigenvalue weighted by molar-refractivity contribution is 6.82. The molecule has 0 unspecified atom stereocenters. The predicted octanol–water partition coefficient (Wildman–Crippen LogP) is 15.0. The number of carbonyl (C=O) groups excluding carboxylic acids is 3. The molecule has 9 nitrogen and oxygen atoms in total. The largest absolute Gasteiger partial charge is 0.465 e. The molecule has 1 N–H and O–H groups in total. The van der Waals surface area contributed by atoms with E-state index in [1.165, 1.54) is 291 Å². The summed E-state index contributed by atoms with van der Waals surface area (Å²) in [5, 5.41) is 85.4. The molecular formula is C73H20O9. The number of hydrogen-bond acceptors (Lipinski definition) is 9. The molecule has 0 atom stereocenters. The van der Waals surface area contributed by atoms with Crippen LogP contribution in [0.4, 0.5) is 0 Å². The van der Waals surface area contributed by atoms with Crippen molar-refractivity contribution in [3.05, 3.63) is 22.3 Å². The summed E-state index contributed by atoms with van der Waals surface area (Å²) >= 11 is 0. The fourth-order valence-electron chi connectivity index (χ4n) is 26.4. The molecule has 9 heteroatoms. The van der Waals surface area contributed by atoms with Gasteiger partial charge in [-0.25, -0.2) is 4.79 Å². The van der Waals surface area contributed by atoms with Gasteiger partial charge in [-0.05, 0) is 320 Å². The van der Waals surface area contributed by atoms with Gasteiger partial charge in [-0.1, -0.05) is 0 Å². The predicted molar refractivity (Wildman–Crippen MR) is 324 cm³/mol. The summed E-state index contributed by atoms with van der Waals surface area (Å²) in [5.74, 6) is -1.96. The molecule has 28 aromatic carbocycles. The van der Waals surface area contributed by atoms with Gasteiger partial charge in [-0.3, -0.25) is 9.59 Å². The molecule has 2 spiro atoms. The van der Waals surface area contributed by atoms with Crippen LogP contribution in [0.15, 0.2) is 0 Å². The first-order valence-electron chi connectivity index (χ1n) is 29.6. The molecule has 5 aliphatic rings. The summed E-state index contributed by atoms with van der Waals surface area (Å²) in [7, 11) is 0. The van der Waals surface area contributed by atoms with Gasteiger partial charge in [0.15, 0.2) is 12.0 Å². The van der Waals surface area contributed by atoms with E-state index in [9.17, 15) is 4.79 Å². The molecule has 82 heavy (non-hydrogen) atoms. The molecule has 0 aliphatic heterocycles. The van der Waals surface area contributed by atoms with Crippen molar-refractivity contribution in [1.29, 1.82) is 0 Å². The number of aliphatic hydroxyl groups excluding tert-OH is 1. The lowest BCUT2D eigenvalue weighted by atomic mass is 9.68. The van der Waals surface area contributed by atoms with E-state index < -0.39 is 40.8 Å². The second kappa shape index (κ2) is 8.57. The van der Waals surface area contributed by atoms with Crippen LogP contribution in [0.3, 0.4) is 0 Å². The maximum atomic E-state index is 17.1. The van der Waals surface area contributed by atoms with Gasteiger partial charge >= 0.3 is 17.9 Å². The summed E-state index contributed by atoms with van der Waals surface area (Å²) in [6.07, 6.45) is 0. The standard InChI is InChI=1S/C73H20O9/c1-2-80-69(76)73(70(77)82-9-10(75)81-8-7-79-6-5-78-4-3-74)71-65-57-49-39-29-21-13-11-12-15-19-17(13)25-33-27(19)37-31-23(15)24-16(12)20-18-14(11)22(21)30-36-26(18)34-28(20)38-32(24)42-41(31)51-45(37)55-47(33)53(43(49)35(25)29)61(65)63(55)67-59(51)60-52(42)46(38)56-48(34)54-44(36)50(40(30)39)58(57)66(71)62(54)64(56)68(60)72(67,71)73/h74H,2-9H2,1H3. The molecule has 0 saturated heterocycles. The number of rotatable bonds is 13. The smallest absolute Gasteiger partial charge is 0.344 e. The first-order chi connectivity index (χ1) is 40.6. The van der Waals surface area contributed by atoms with E-state index in [-0.39, 0.29) is 39.6 Å². The molecular weight excluding hydrogens is 1020 g/mol. The minimum absolute atomic E-state index is 0.0469. The highest BCUT2D eigenvalue weighted by atomic mass is 16.6. The molecule has 1 saturated carbocycles. The van der Waals surface area contributed by atoms with Gasteiger partial charge in [0.25, 0.3) is 0 Å². The number of benzene rings is 18. The Kier molecular flexibility index (Phi) is 3.64. The average Bonchev–Trinajstić information content (AvgIpc) is 1.36. The van der Waals surface area contributed by atoms with Crippen LogP contribution in [0.1, 0.15) is 29.2 Å². The summed E-state index contributed by atoms with van der Waals surface area (Å²) in [4.78, 5) is 48.2. The Morgan fingerprint density at radius 1 is 0.280 bits per heavy atom. The third-order valence-electron chi connectivity index (χ3n) is 26.7. The van der Waals surface area contributed by atoms with E-state index in [1.807, 2.05) is 6.92 Å². The van der Waals surface area contributed by atoms with Gasteiger partial charge in [-0.15, -0.1) is 0 Å². The van der Waals surface area contributed by atoms with Crippen molar-refractivity contribution in [2.45, 2.75) is 17.8 Å². The molecule has 0 bridgehead atoms. The molecule has 33 rings (SSSR count). The second-order valence-electron chi connectivity index (χ2n) is 27.5. The Morgan fingerprint density at radius 2 is 0.488 bits per heavy atom. The van der Waals surface area contributed by atoms with Crippen LogP contribution >= 0.6 is 0 Å². The molecule has 0 aromatic heterocycles. The lowest BCUT2D eigenvalue weighted by Crippen LogP contribution is -2.39. The molecule has 366 valence electrons. The topological polar surface area (TPSA) is 118 Å². The summed E-state index contributed by atoms with van der Waals surface area (Å²) in [6.45, 7) is 2.08. The number of hydrogen-bond donors (Lipinski definition) is 1. The summed E-state index contributed by atoms with van der Waals surface area (Å²) in [5.41, 5.74) is 0.128. The van der Waals surface area contributed by atoms with E-state index in [0.717, 1.165) is 22.3 Å². The maximum absolute atomic E-state index is 17.1. The van der Waals surface area contributed by atoms with Crippen molar-refractivity contribution < 1.29 is 43.2 Å². The van der Waals surface area contributed by atoms with Gasteiger partial charge in [0.05, 0.1) is 50.5 Å². The second-order valence-corrected chi connectivity index (χ2v) is 27.5. The third-order valence-corrected chi connectivity index (χ3v) is 26.7. The lowest BCUT2D eigenvalue weighted by Gasteiger charge is -2.32. The Morgan fingerprint density at radius 3 is 0.720 bits per heavy atom. The van der Waals surface area contributed by atoms with Crippen LogP contribution in [0.2, 0.25) is 0 Å². The van der Waals surface area contributed by atoms with Gasteiger partial charge in [-0.2, -0.15) is 0 Å². The Hall–Kier alpha value is -9.25. The monoisotopic (exact) mass is 1040 g/mol. The summed E-state index contributed by atoms with van der Waals surface area (Å²) in [6, 6.07) is 0. The maximum Gasteiger partial charge on any atom is 0.344 e. The fourth-order valence-corrected chi connectivity index (χ4v) is 26.4. The van der Waals surface area contributed by atoms with E-state index >= 15 is 9.59 Å². The van der Waals surface area contributed by atoms with Crippen molar-refractivity contribution in [2.24, 2.45) is 5.41 Å². The first-order valence-corrected chi connectivity index (χ1v) is 29.6. The van der Waals surface area contributed by atoms with E-state index in [4.69, 9.17) is 28.8 Å². The van der Waals surface area contributed by atoms with E-state index in [1.54, 1.807) is 0 Å². The molecule has 1 fully saturated rings. The number of aliphatic hydroxyl groups is 1. The Bertz CT molecular complexity index is 7060. The fraction of sp³-hybridized carbons (Fsp3) is 0.164. The van der Waals surface area contributed by atoms with Crippen molar-refractivity contribution in [2.75, 3.05) is 52.9 Å². The molecule has 28 aromatic rings. The van der Waals surface area contributed by atoms with Crippen LogP contribution in [0.5, 0.6) is 0 Å². The van der Waals surface area contributed by atoms with Crippen molar-refractivity contribution in [1.82, 2.24) is 0 Å². The summed E-state index contributed by atoms with van der Waals surface area (Å²) < 4.78 is 30.1. The minimum atomic E-state index is -1.95. The minimum Gasteiger partial charge on any atom is -0.465 e. The van der Waals surface area contributed by atoms with E-state index in [2.05, 4.69) is 0 Å². The first kappa shape index (κ1) is 34.8. The third kappa shape index (κ3) is 2.05. The van der Waals surface area contributed by atoms with Crippen LogP contribution in [-0.4, -0.2) is 75.9 Å². The quantitative estimate of drug-likeness (QED) is 0.0396. The molecule has 0 heterocycles. The van der Waals surface area contributed by atoms with Crippen molar-refractivity contribution >= 4 is 309 Å². The lowest BCUT2D eigenvalue weighted by molar-refractivity contribution is -0.171. The van der Waals surface area contributed by atoms with Crippen molar-refractivity contribution in [3.63, 3.8) is 0 Å². The molecule has 0 amide bonds. The number of carbonyl (C=O) groups is 3. The Labute approximate surface area is 448 Å². The van der Waals surface area contributed by atoms with Crippen LogP contribution in [-0.2, 0) is 48.9 Å². The van der Waals surface area contributed by atoms with Gasteiger partial charge in [0.2, 0.25) is 0 Å². The van der Waals surface area contributed by atoms with Crippen LogP contribution in [0, 0.1) is 5.41 Å². The highest BCUT2D eigenvalue weighted by Gasteiger charge is 3.01. The zero-order valence-corrected chi connectivity index (χ0v) is 42.4. The van der Waals surface area contributed by atoms with Gasteiger partial charge in [0.1, 0.15) is 6.61 Å².